The number of unbranched alkanes of at least 4 members (excludes halogenated alkanes) is 40. The van der Waals surface area contributed by atoms with Gasteiger partial charge in [0, 0.05) is 25.7 Å². The van der Waals surface area contributed by atoms with Crippen LogP contribution in [0.1, 0.15) is 369 Å². The Morgan fingerprint density at radius 1 is 0.319 bits per heavy atom. The molecule has 0 aliphatic rings. The van der Waals surface area contributed by atoms with E-state index in [1.807, 2.05) is 0 Å². The van der Waals surface area contributed by atoms with Gasteiger partial charge in [0.1, 0.15) is 19.3 Å². The number of rotatable bonds is 71. The van der Waals surface area contributed by atoms with Crippen molar-refractivity contribution in [1.29, 1.82) is 0 Å². The Morgan fingerprint density at radius 2 is 0.560 bits per heavy atom. The Hall–Kier alpha value is -1.94. The van der Waals surface area contributed by atoms with E-state index >= 15 is 0 Å². The van der Waals surface area contributed by atoms with Gasteiger partial charge in [0.2, 0.25) is 0 Å². The van der Waals surface area contributed by atoms with Gasteiger partial charge in [-0.2, -0.15) is 0 Å². The summed E-state index contributed by atoms with van der Waals surface area (Å²) in [5.74, 6) is -0.514. The molecule has 0 bridgehead atoms. The van der Waals surface area contributed by atoms with Crippen LogP contribution in [0.25, 0.3) is 0 Å². The number of phosphoric acid groups is 2. The number of hydrogen-bond donors (Lipinski definition) is 3. The average Bonchev–Trinajstić information content (AvgIpc) is 3.67. The third kappa shape index (κ3) is 65.1. The van der Waals surface area contributed by atoms with Gasteiger partial charge in [0.15, 0.2) is 12.2 Å². The van der Waals surface area contributed by atoms with Crippen LogP contribution in [0.3, 0.4) is 0 Å². The topological polar surface area (TPSA) is 237 Å². The molecule has 6 atom stereocenters. The van der Waals surface area contributed by atoms with E-state index in [-0.39, 0.29) is 25.7 Å². The van der Waals surface area contributed by atoms with Crippen molar-refractivity contribution in [2.45, 2.75) is 387 Å². The Bertz CT molecular complexity index is 1770. The summed E-state index contributed by atoms with van der Waals surface area (Å²) in [6, 6.07) is 0. The van der Waals surface area contributed by atoms with Gasteiger partial charge in [-0.3, -0.25) is 37.3 Å². The van der Waals surface area contributed by atoms with Gasteiger partial charge in [0.05, 0.1) is 26.4 Å². The fourth-order valence-electron chi connectivity index (χ4n) is 10.9. The van der Waals surface area contributed by atoms with Crippen LogP contribution in [0.15, 0.2) is 0 Å². The van der Waals surface area contributed by atoms with Crippen molar-refractivity contribution in [2.75, 3.05) is 39.6 Å². The molecule has 17 nitrogen and oxygen atoms in total. The number of aliphatic hydroxyl groups is 1. The molecule has 3 unspecified atom stereocenters. The standard InChI is InChI=1S/C72H140O17P2/c1-7-10-12-14-15-16-17-18-22-27-33-38-44-50-56-71(76)88-67(60-82-69(74)54-48-40-13-11-8-2)62-86-90(78,79)84-58-66(73)59-85-91(80,81)87-63-68(61-83-70(75)55-49-43-37-32-29-24-25-30-35-41-46-52-64(4)5)89-72(77)57-51-45-39-34-28-23-20-19-21-26-31-36-42-47-53-65(6)9-3/h64-68,73H,7-63H2,1-6H3,(H,78,79)(H,80,81)/t65?,66-,67+,68+/m0/s1. The minimum absolute atomic E-state index is 0.107. The summed E-state index contributed by atoms with van der Waals surface area (Å²) in [5.41, 5.74) is 0. The number of ether oxygens (including phenoxy) is 4. The molecule has 0 aromatic carbocycles. The van der Waals surface area contributed by atoms with E-state index in [0.29, 0.717) is 25.7 Å². The maximum atomic E-state index is 13.0. The number of phosphoric ester groups is 2. The lowest BCUT2D eigenvalue weighted by molar-refractivity contribution is -0.161. The summed E-state index contributed by atoms with van der Waals surface area (Å²) in [6.45, 7) is 9.54. The van der Waals surface area contributed by atoms with Crippen LogP contribution in [-0.2, 0) is 65.4 Å². The van der Waals surface area contributed by atoms with Crippen molar-refractivity contribution in [3.8, 4) is 0 Å². The van der Waals surface area contributed by atoms with E-state index < -0.39 is 97.5 Å². The molecule has 0 saturated heterocycles. The van der Waals surface area contributed by atoms with E-state index in [1.165, 1.54) is 180 Å². The fourth-order valence-corrected chi connectivity index (χ4v) is 12.5. The van der Waals surface area contributed by atoms with Gasteiger partial charge in [-0.15, -0.1) is 0 Å². The highest BCUT2D eigenvalue weighted by molar-refractivity contribution is 7.47. The molecule has 0 fully saturated rings. The summed E-state index contributed by atoms with van der Waals surface area (Å²) < 4.78 is 68.2. The first kappa shape index (κ1) is 89.1. The molecule has 0 radical (unpaired) electrons. The lowest BCUT2D eigenvalue weighted by Crippen LogP contribution is -2.30. The van der Waals surface area contributed by atoms with Crippen LogP contribution in [-0.4, -0.2) is 96.7 Å². The number of esters is 4. The van der Waals surface area contributed by atoms with Gasteiger partial charge in [-0.25, -0.2) is 9.13 Å². The van der Waals surface area contributed by atoms with Crippen molar-refractivity contribution >= 4 is 39.5 Å². The van der Waals surface area contributed by atoms with Crippen LogP contribution in [0, 0.1) is 11.8 Å². The third-order valence-electron chi connectivity index (χ3n) is 17.1. The van der Waals surface area contributed by atoms with Crippen LogP contribution < -0.4 is 0 Å². The molecular formula is C72H140O17P2. The predicted octanol–water partition coefficient (Wildman–Crippen LogP) is 20.8. The molecule has 540 valence electrons. The van der Waals surface area contributed by atoms with E-state index in [1.54, 1.807) is 0 Å². The number of hydrogen-bond acceptors (Lipinski definition) is 15. The lowest BCUT2D eigenvalue weighted by atomic mass is 9.99. The maximum Gasteiger partial charge on any atom is 0.472 e. The minimum Gasteiger partial charge on any atom is -0.462 e. The summed E-state index contributed by atoms with van der Waals surface area (Å²) >= 11 is 0. The Kier molecular flexibility index (Phi) is 62.7. The summed E-state index contributed by atoms with van der Waals surface area (Å²) in [6.07, 6.45) is 50.2. The highest BCUT2D eigenvalue weighted by Gasteiger charge is 2.30. The first-order chi connectivity index (χ1) is 43.9. The normalized spacial score (nSPS) is 14.4. The molecular weight excluding hydrogens is 1200 g/mol. The van der Waals surface area contributed by atoms with Crippen LogP contribution in [0.4, 0.5) is 0 Å². The predicted molar refractivity (Wildman–Crippen MR) is 368 cm³/mol. The second-order valence-electron chi connectivity index (χ2n) is 26.7. The van der Waals surface area contributed by atoms with E-state index in [2.05, 4.69) is 41.5 Å². The quantitative estimate of drug-likeness (QED) is 0.0222. The van der Waals surface area contributed by atoms with Crippen LogP contribution in [0.5, 0.6) is 0 Å². The monoisotopic (exact) mass is 1340 g/mol. The van der Waals surface area contributed by atoms with Crippen molar-refractivity contribution in [1.82, 2.24) is 0 Å². The van der Waals surface area contributed by atoms with Crippen molar-refractivity contribution < 1.29 is 80.2 Å². The molecule has 0 amide bonds. The molecule has 0 rings (SSSR count). The first-order valence-electron chi connectivity index (χ1n) is 37.5. The van der Waals surface area contributed by atoms with E-state index in [4.69, 9.17) is 37.0 Å². The zero-order valence-electron chi connectivity index (χ0n) is 59.1. The zero-order valence-corrected chi connectivity index (χ0v) is 60.9. The molecule has 91 heavy (non-hydrogen) atoms. The molecule has 0 aromatic rings. The number of carbonyl (C=O) groups excluding carboxylic acids is 4. The second-order valence-corrected chi connectivity index (χ2v) is 29.6. The Labute approximate surface area is 556 Å². The lowest BCUT2D eigenvalue weighted by Gasteiger charge is -2.21. The molecule has 0 saturated carbocycles. The van der Waals surface area contributed by atoms with Gasteiger partial charge < -0.3 is 33.8 Å². The molecule has 0 spiro atoms. The summed E-state index contributed by atoms with van der Waals surface area (Å²) in [7, 11) is -9.89. The third-order valence-corrected chi connectivity index (χ3v) is 19.0. The summed E-state index contributed by atoms with van der Waals surface area (Å²) in [4.78, 5) is 72.4. The average molecular weight is 1340 g/mol. The molecule has 0 aliphatic carbocycles. The Morgan fingerprint density at radius 3 is 0.835 bits per heavy atom. The molecule has 0 aliphatic heterocycles. The van der Waals surface area contributed by atoms with E-state index in [0.717, 1.165) is 108 Å². The smallest absolute Gasteiger partial charge is 0.462 e. The molecule has 0 aromatic heterocycles. The first-order valence-corrected chi connectivity index (χ1v) is 40.5. The van der Waals surface area contributed by atoms with Crippen LogP contribution >= 0.6 is 15.6 Å². The molecule has 0 heterocycles. The highest BCUT2D eigenvalue weighted by atomic mass is 31.2. The van der Waals surface area contributed by atoms with Gasteiger partial charge in [-0.1, -0.05) is 318 Å². The van der Waals surface area contributed by atoms with Gasteiger partial charge in [-0.05, 0) is 37.5 Å². The highest BCUT2D eigenvalue weighted by Crippen LogP contribution is 2.45. The summed E-state index contributed by atoms with van der Waals surface area (Å²) in [5, 5.41) is 10.6. The van der Waals surface area contributed by atoms with Crippen molar-refractivity contribution in [2.24, 2.45) is 11.8 Å². The van der Waals surface area contributed by atoms with Gasteiger partial charge in [0.25, 0.3) is 0 Å². The van der Waals surface area contributed by atoms with Crippen molar-refractivity contribution in [3.63, 3.8) is 0 Å². The maximum absolute atomic E-state index is 13.0. The van der Waals surface area contributed by atoms with E-state index in [9.17, 15) is 43.2 Å². The largest absolute Gasteiger partial charge is 0.472 e. The van der Waals surface area contributed by atoms with Gasteiger partial charge >= 0.3 is 39.5 Å². The minimum atomic E-state index is -4.95. The Balaban J connectivity index is 5.15. The van der Waals surface area contributed by atoms with Crippen LogP contribution in [0.2, 0.25) is 0 Å². The van der Waals surface area contributed by atoms with Crippen molar-refractivity contribution in [3.05, 3.63) is 0 Å². The SMILES string of the molecule is CCCCCCCCCCCCCCCCC(=O)O[C@H](COC(=O)CCCCCCC)COP(=O)(O)OC[C@H](O)COP(=O)(O)OC[C@@H](COC(=O)CCCCCCCCCCCCCC(C)C)OC(=O)CCCCCCCCCCCCCCCCC(C)CC. The number of aliphatic hydroxyl groups excluding tert-OH is 1. The number of carbonyl (C=O) groups is 4. The fraction of sp³-hybridized carbons (Fsp3) is 0.944. The zero-order chi connectivity index (χ0) is 67.2. The second kappa shape index (κ2) is 64.1. The molecule has 3 N–H and O–H groups in total. The molecule has 19 heteroatoms.